The molecule has 0 aliphatic carbocycles. The number of nitrogens with zero attached hydrogens (tertiary/aromatic N) is 1. The molecule has 3 rings (SSSR count). The third-order valence-corrected chi connectivity index (χ3v) is 3.69. The van der Waals surface area contributed by atoms with Gasteiger partial charge in [-0.2, -0.15) is 0 Å². The number of aromatic nitrogens is 2. The largest absolute Gasteiger partial charge is 0.493 e. The van der Waals surface area contributed by atoms with E-state index in [1.165, 1.54) is 0 Å². The molecule has 1 aliphatic rings. The quantitative estimate of drug-likeness (QED) is 0.845. The zero-order chi connectivity index (χ0) is 14.1. The minimum absolute atomic E-state index is 0. The Labute approximate surface area is 133 Å². The third-order valence-electron chi connectivity index (χ3n) is 3.37. The zero-order valence-corrected chi connectivity index (χ0v) is 12.9. The smallest absolute Gasteiger partial charge is 0.252 e. The van der Waals surface area contributed by atoms with E-state index in [0.717, 1.165) is 29.0 Å². The van der Waals surface area contributed by atoms with Crippen LogP contribution in [-0.2, 0) is 13.0 Å². The van der Waals surface area contributed by atoms with Gasteiger partial charge in [0, 0.05) is 25.6 Å². The number of nitrogens with two attached hydrogens (primary N) is 1. The monoisotopic (exact) mass is 325 g/mol. The lowest BCUT2D eigenvalue weighted by Crippen LogP contribution is -2.18. The molecule has 2 aromatic rings. The highest BCUT2D eigenvalue weighted by Gasteiger charge is 2.14. The van der Waals surface area contributed by atoms with Crippen molar-refractivity contribution in [2.24, 2.45) is 5.73 Å². The number of nitrogens with one attached hydrogen (secondary N) is 1. The minimum Gasteiger partial charge on any atom is -0.493 e. The van der Waals surface area contributed by atoms with Crippen molar-refractivity contribution < 1.29 is 4.74 Å². The molecule has 0 saturated carbocycles. The van der Waals surface area contributed by atoms with Gasteiger partial charge in [0.15, 0.2) is 4.77 Å². The van der Waals surface area contributed by atoms with Gasteiger partial charge in [-0.25, -0.2) is 0 Å². The van der Waals surface area contributed by atoms with Crippen molar-refractivity contribution in [3.8, 4) is 17.0 Å². The van der Waals surface area contributed by atoms with E-state index in [2.05, 4.69) is 11.1 Å². The number of H-pyrrole nitrogens is 1. The second kappa shape index (κ2) is 6.43. The third kappa shape index (κ3) is 3.02. The molecule has 0 radical (unpaired) electrons. The van der Waals surface area contributed by atoms with Crippen molar-refractivity contribution in [3.05, 3.63) is 45.0 Å². The summed E-state index contributed by atoms with van der Waals surface area (Å²) in [7, 11) is 0. The Balaban J connectivity index is 0.00000161. The maximum Gasteiger partial charge on any atom is 0.252 e. The van der Waals surface area contributed by atoms with Crippen LogP contribution < -0.4 is 16.0 Å². The lowest BCUT2D eigenvalue weighted by atomic mass is 10.1. The van der Waals surface area contributed by atoms with Crippen LogP contribution >= 0.6 is 24.6 Å². The standard InChI is InChI=1S/C14H15N3O2S.ClH/c15-4-5-17-11(8-13(18)16-14(17)20)9-1-2-12-10(7-9)3-6-19-12;/h1-2,7-8H,3-6,15H2,(H,16,18,20);1H. The number of hydrogen-bond donors (Lipinski definition) is 2. The summed E-state index contributed by atoms with van der Waals surface area (Å²) in [4.78, 5) is 14.3. The molecule has 0 amide bonds. The highest BCUT2D eigenvalue weighted by Crippen LogP contribution is 2.30. The fourth-order valence-corrected chi connectivity index (χ4v) is 2.75. The van der Waals surface area contributed by atoms with Crippen molar-refractivity contribution in [1.82, 2.24) is 9.55 Å². The summed E-state index contributed by atoms with van der Waals surface area (Å²) in [6, 6.07) is 7.50. The Hall–Kier alpha value is -1.63. The first-order valence-corrected chi connectivity index (χ1v) is 6.90. The van der Waals surface area contributed by atoms with E-state index in [9.17, 15) is 4.79 Å². The van der Waals surface area contributed by atoms with Crippen LogP contribution in [0.3, 0.4) is 0 Å². The van der Waals surface area contributed by atoms with Crippen LogP contribution in [0.2, 0.25) is 0 Å². The van der Waals surface area contributed by atoms with Crippen LogP contribution in [0.5, 0.6) is 5.75 Å². The van der Waals surface area contributed by atoms with E-state index in [0.29, 0.717) is 24.5 Å². The van der Waals surface area contributed by atoms with E-state index in [1.807, 2.05) is 16.7 Å². The van der Waals surface area contributed by atoms with Crippen LogP contribution in [0.15, 0.2) is 29.1 Å². The zero-order valence-electron chi connectivity index (χ0n) is 11.3. The van der Waals surface area contributed by atoms with Crippen LogP contribution in [0, 0.1) is 4.77 Å². The predicted octanol–water partition coefficient (Wildman–Crippen LogP) is 1.89. The number of ether oxygens (including phenoxy) is 1. The first-order valence-electron chi connectivity index (χ1n) is 6.49. The van der Waals surface area contributed by atoms with Gasteiger partial charge in [0.1, 0.15) is 5.75 Å². The van der Waals surface area contributed by atoms with E-state index in [4.69, 9.17) is 22.7 Å². The molecule has 112 valence electrons. The van der Waals surface area contributed by atoms with Crippen LogP contribution in [-0.4, -0.2) is 22.7 Å². The Morgan fingerprint density at radius 1 is 1.38 bits per heavy atom. The first-order chi connectivity index (χ1) is 9.69. The van der Waals surface area contributed by atoms with Crippen molar-refractivity contribution >= 4 is 24.6 Å². The molecule has 3 N–H and O–H groups in total. The molecule has 1 aromatic carbocycles. The SMILES string of the molecule is Cl.NCCn1c(-c2ccc3c(c2)CCO3)cc(=O)[nH]c1=S. The molecule has 1 aliphatic heterocycles. The number of aromatic amines is 1. The molecule has 0 bridgehead atoms. The molecule has 2 heterocycles. The van der Waals surface area contributed by atoms with Gasteiger partial charge in [-0.05, 0) is 41.5 Å². The molecule has 7 heteroatoms. The molecule has 0 spiro atoms. The predicted molar refractivity (Wildman–Crippen MR) is 86.8 cm³/mol. The maximum absolute atomic E-state index is 11.7. The minimum atomic E-state index is -0.199. The van der Waals surface area contributed by atoms with E-state index in [1.54, 1.807) is 6.07 Å². The second-order valence-corrected chi connectivity index (χ2v) is 5.07. The van der Waals surface area contributed by atoms with Crippen LogP contribution in [0.1, 0.15) is 5.56 Å². The van der Waals surface area contributed by atoms with Gasteiger partial charge in [-0.15, -0.1) is 12.4 Å². The van der Waals surface area contributed by atoms with Gasteiger partial charge < -0.3 is 15.0 Å². The molecule has 0 fully saturated rings. The fraction of sp³-hybridized carbons (Fsp3) is 0.286. The highest BCUT2D eigenvalue weighted by molar-refractivity contribution is 7.71. The van der Waals surface area contributed by atoms with Gasteiger partial charge in [0.2, 0.25) is 0 Å². The molecule has 0 unspecified atom stereocenters. The van der Waals surface area contributed by atoms with Gasteiger partial charge in [0.05, 0.1) is 12.3 Å². The fourth-order valence-electron chi connectivity index (χ4n) is 2.46. The average Bonchev–Trinajstić information content (AvgIpc) is 2.88. The molecular weight excluding hydrogens is 310 g/mol. The Morgan fingerprint density at radius 3 is 2.95 bits per heavy atom. The van der Waals surface area contributed by atoms with Crippen molar-refractivity contribution in [3.63, 3.8) is 0 Å². The Morgan fingerprint density at radius 2 is 2.19 bits per heavy atom. The maximum atomic E-state index is 11.7. The van der Waals surface area contributed by atoms with E-state index in [-0.39, 0.29) is 18.0 Å². The van der Waals surface area contributed by atoms with Crippen molar-refractivity contribution in [2.45, 2.75) is 13.0 Å². The summed E-state index contributed by atoms with van der Waals surface area (Å²) in [5.41, 5.74) is 8.34. The lowest BCUT2D eigenvalue weighted by Gasteiger charge is -2.13. The number of hydrogen-bond acceptors (Lipinski definition) is 4. The summed E-state index contributed by atoms with van der Waals surface area (Å²) in [6.45, 7) is 1.74. The number of halogens is 1. The summed E-state index contributed by atoms with van der Waals surface area (Å²) >= 11 is 5.22. The lowest BCUT2D eigenvalue weighted by molar-refractivity contribution is 0.357. The van der Waals surface area contributed by atoms with Gasteiger partial charge in [0.25, 0.3) is 5.56 Å². The topological polar surface area (TPSA) is 73.0 Å². The molecule has 1 aromatic heterocycles. The second-order valence-electron chi connectivity index (χ2n) is 4.69. The van der Waals surface area contributed by atoms with E-state index >= 15 is 0 Å². The van der Waals surface area contributed by atoms with Gasteiger partial charge in [-0.1, -0.05) is 0 Å². The highest BCUT2D eigenvalue weighted by atomic mass is 35.5. The van der Waals surface area contributed by atoms with Crippen LogP contribution in [0.25, 0.3) is 11.3 Å². The number of rotatable bonds is 3. The average molecular weight is 326 g/mol. The molecule has 21 heavy (non-hydrogen) atoms. The summed E-state index contributed by atoms with van der Waals surface area (Å²) < 4.78 is 7.75. The summed E-state index contributed by atoms with van der Waals surface area (Å²) in [5, 5.41) is 0. The normalized spacial score (nSPS) is 12.4. The molecule has 5 nitrogen and oxygen atoms in total. The van der Waals surface area contributed by atoms with Crippen molar-refractivity contribution in [1.29, 1.82) is 0 Å². The molecule has 0 atom stereocenters. The van der Waals surface area contributed by atoms with Gasteiger partial charge >= 0.3 is 0 Å². The molecule has 0 saturated heterocycles. The molecular formula is C14H16ClN3O2S. The Kier molecular flexibility index (Phi) is 4.82. The first kappa shape index (κ1) is 15.8. The summed E-state index contributed by atoms with van der Waals surface area (Å²) in [6.07, 6.45) is 0.893. The Bertz CT molecular complexity index is 770. The number of benzene rings is 1. The van der Waals surface area contributed by atoms with Crippen molar-refractivity contribution in [2.75, 3.05) is 13.2 Å². The van der Waals surface area contributed by atoms with E-state index < -0.39 is 0 Å². The summed E-state index contributed by atoms with van der Waals surface area (Å²) in [5.74, 6) is 0.919. The number of fused-ring (bicyclic) bond motifs is 1. The van der Waals surface area contributed by atoms with Gasteiger partial charge in [-0.3, -0.25) is 9.78 Å². The van der Waals surface area contributed by atoms with Crippen LogP contribution in [0.4, 0.5) is 0 Å².